The molecule has 1 amide bonds. The molecule has 1 rings (SSSR count). The van der Waals surface area contributed by atoms with Crippen molar-refractivity contribution in [2.45, 2.75) is 40.2 Å². The highest BCUT2D eigenvalue weighted by Crippen LogP contribution is 2.16. The number of thiazole rings is 1. The van der Waals surface area contributed by atoms with Crippen molar-refractivity contribution in [1.82, 2.24) is 10.3 Å². The van der Waals surface area contributed by atoms with Crippen molar-refractivity contribution in [3.05, 3.63) is 15.6 Å². The minimum atomic E-state index is -0.144. The van der Waals surface area contributed by atoms with Gasteiger partial charge in [0.05, 0.1) is 10.7 Å². The maximum absolute atomic E-state index is 11.6. The maximum atomic E-state index is 11.6. The van der Waals surface area contributed by atoms with Gasteiger partial charge in [-0.05, 0) is 20.8 Å². The second kappa shape index (κ2) is 9.53. The summed E-state index contributed by atoms with van der Waals surface area (Å²) in [6.07, 6.45) is 0.788. The number of nitrogens with zero attached hydrogens (tertiary/aromatic N) is 1. The fraction of sp³-hybridized carbons (Fsp3) is 0.667. The highest BCUT2D eigenvalue weighted by molar-refractivity contribution is 7.11. The first-order valence-electron chi connectivity index (χ1n) is 5.88. The molecule has 0 aliphatic carbocycles. The number of amides is 1. The van der Waals surface area contributed by atoms with E-state index in [9.17, 15) is 4.79 Å². The van der Waals surface area contributed by atoms with Gasteiger partial charge >= 0.3 is 0 Å². The molecular formula is C12H23Cl2N3OS. The van der Waals surface area contributed by atoms with Crippen molar-refractivity contribution in [1.29, 1.82) is 0 Å². The molecule has 0 radical (unpaired) electrons. The number of rotatable bonds is 5. The van der Waals surface area contributed by atoms with Gasteiger partial charge in [-0.2, -0.15) is 0 Å². The predicted octanol–water partition coefficient (Wildman–Crippen LogP) is 2.25. The van der Waals surface area contributed by atoms with Gasteiger partial charge in [0.15, 0.2) is 0 Å². The largest absolute Gasteiger partial charge is 0.355 e. The molecule has 4 nitrogen and oxygen atoms in total. The van der Waals surface area contributed by atoms with Crippen LogP contribution in [0.1, 0.15) is 29.4 Å². The van der Waals surface area contributed by atoms with Gasteiger partial charge in [-0.3, -0.25) is 4.79 Å². The Morgan fingerprint density at radius 2 is 1.95 bits per heavy atom. The Morgan fingerprint density at radius 1 is 1.37 bits per heavy atom. The van der Waals surface area contributed by atoms with Gasteiger partial charge in [0, 0.05) is 29.8 Å². The number of nitrogens with one attached hydrogen (secondary N) is 1. The Kier molecular flexibility index (Phi) is 10.5. The van der Waals surface area contributed by atoms with Crippen LogP contribution in [0.4, 0.5) is 0 Å². The molecule has 0 saturated heterocycles. The molecule has 1 aromatic heterocycles. The lowest BCUT2D eigenvalue weighted by molar-refractivity contribution is -0.124. The van der Waals surface area contributed by atoms with E-state index in [1.165, 1.54) is 4.88 Å². The van der Waals surface area contributed by atoms with E-state index in [2.05, 4.69) is 17.2 Å². The van der Waals surface area contributed by atoms with Gasteiger partial charge in [-0.15, -0.1) is 36.2 Å². The van der Waals surface area contributed by atoms with Gasteiger partial charge in [0.25, 0.3) is 0 Å². The van der Waals surface area contributed by atoms with Crippen LogP contribution in [0, 0.1) is 19.8 Å². The lowest BCUT2D eigenvalue weighted by atomic mass is 10.0. The summed E-state index contributed by atoms with van der Waals surface area (Å²) < 4.78 is 0. The van der Waals surface area contributed by atoms with E-state index in [-0.39, 0.29) is 42.7 Å². The lowest BCUT2D eigenvalue weighted by Gasteiger charge is -2.14. The molecule has 0 aliphatic rings. The standard InChI is InChI=1S/C12H21N3OS.2ClH/c1-7(8(2)13)12(16)14-6-5-11-15-9(3)10(4)17-11;;/h7-8H,5-6,13H2,1-4H3,(H,14,16);2*1H. The second-order valence-electron chi connectivity index (χ2n) is 4.44. The topological polar surface area (TPSA) is 68.0 Å². The average Bonchev–Trinajstić information content (AvgIpc) is 2.57. The SMILES string of the molecule is Cc1nc(CCNC(=O)C(C)C(C)N)sc1C.Cl.Cl. The number of hydrogen-bond acceptors (Lipinski definition) is 4. The summed E-state index contributed by atoms with van der Waals surface area (Å²) in [7, 11) is 0. The first-order valence-corrected chi connectivity index (χ1v) is 6.69. The molecular weight excluding hydrogens is 305 g/mol. The Morgan fingerprint density at radius 3 is 2.37 bits per heavy atom. The molecule has 2 unspecified atom stereocenters. The fourth-order valence-corrected chi connectivity index (χ4v) is 2.27. The van der Waals surface area contributed by atoms with E-state index in [0.717, 1.165) is 17.1 Å². The summed E-state index contributed by atoms with van der Waals surface area (Å²) in [6, 6.07) is -0.112. The number of hydrogen-bond donors (Lipinski definition) is 2. The third-order valence-electron chi connectivity index (χ3n) is 2.91. The first-order chi connectivity index (χ1) is 7.91. The normalized spacial score (nSPS) is 12.9. The smallest absolute Gasteiger partial charge is 0.224 e. The monoisotopic (exact) mass is 327 g/mol. The van der Waals surface area contributed by atoms with Crippen molar-refractivity contribution < 1.29 is 4.79 Å². The molecule has 19 heavy (non-hydrogen) atoms. The van der Waals surface area contributed by atoms with Crippen LogP contribution in [0.5, 0.6) is 0 Å². The van der Waals surface area contributed by atoms with Gasteiger partial charge < -0.3 is 11.1 Å². The van der Waals surface area contributed by atoms with Crippen LogP contribution in [0.2, 0.25) is 0 Å². The number of carbonyl (C=O) groups is 1. The Balaban J connectivity index is 0. The fourth-order valence-electron chi connectivity index (χ4n) is 1.34. The van der Waals surface area contributed by atoms with Gasteiger partial charge in [0.1, 0.15) is 0 Å². The van der Waals surface area contributed by atoms with Crippen LogP contribution in [-0.4, -0.2) is 23.5 Å². The van der Waals surface area contributed by atoms with Crippen molar-refractivity contribution in [2.24, 2.45) is 11.7 Å². The zero-order valence-electron chi connectivity index (χ0n) is 11.7. The minimum absolute atomic E-state index is 0. The molecule has 0 aromatic carbocycles. The lowest BCUT2D eigenvalue weighted by Crippen LogP contribution is -2.39. The maximum Gasteiger partial charge on any atom is 0.224 e. The molecule has 0 spiro atoms. The predicted molar refractivity (Wildman–Crippen MR) is 85.6 cm³/mol. The number of nitrogens with two attached hydrogens (primary N) is 1. The minimum Gasteiger partial charge on any atom is -0.355 e. The van der Waals surface area contributed by atoms with Crippen molar-refractivity contribution >= 4 is 42.1 Å². The van der Waals surface area contributed by atoms with E-state index in [1.807, 2.05) is 20.8 Å². The van der Waals surface area contributed by atoms with Crippen LogP contribution < -0.4 is 11.1 Å². The van der Waals surface area contributed by atoms with Gasteiger partial charge in [-0.25, -0.2) is 4.98 Å². The summed E-state index contributed by atoms with van der Waals surface area (Å²) in [4.78, 5) is 17.3. The van der Waals surface area contributed by atoms with E-state index in [0.29, 0.717) is 6.54 Å². The van der Waals surface area contributed by atoms with E-state index in [4.69, 9.17) is 5.73 Å². The quantitative estimate of drug-likeness (QED) is 0.871. The summed E-state index contributed by atoms with van der Waals surface area (Å²) in [5, 5.41) is 3.97. The first kappa shape index (κ1) is 20.9. The molecule has 0 fully saturated rings. The van der Waals surface area contributed by atoms with E-state index < -0.39 is 0 Å². The van der Waals surface area contributed by atoms with Crippen molar-refractivity contribution in [3.63, 3.8) is 0 Å². The molecule has 1 heterocycles. The molecule has 3 N–H and O–H groups in total. The third-order valence-corrected chi connectivity index (χ3v) is 4.05. The summed E-state index contributed by atoms with van der Waals surface area (Å²) in [5.41, 5.74) is 6.76. The molecule has 1 aromatic rings. The Hall–Kier alpha value is -0.360. The Bertz CT molecular complexity index is 377. The van der Waals surface area contributed by atoms with E-state index >= 15 is 0 Å². The second-order valence-corrected chi connectivity index (χ2v) is 5.73. The van der Waals surface area contributed by atoms with Crippen LogP contribution in [0.3, 0.4) is 0 Å². The number of carbonyl (C=O) groups excluding carboxylic acids is 1. The van der Waals surface area contributed by atoms with Crippen molar-refractivity contribution in [2.75, 3.05) is 6.54 Å². The summed E-state index contributed by atoms with van der Waals surface area (Å²) in [6.45, 7) is 8.39. The Labute approximate surface area is 131 Å². The summed E-state index contributed by atoms with van der Waals surface area (Å²) >= 11 is 1.69. The average molecular weight is 328 g/mol. The molecule has 0 aliphatic heterocycles. The van der Waals surface area contributed by atoms with Crippen LogP contribution in [-0.2, 0) is 11.2 Å². The number of aryl methyl sites for hydroxylation is 2. The molecule has 0 saturated carbocycles. The van der Waals surface area contributed by atoms with Crippen LogP contribution >= 0.6 is 36.2 Å². The van der Waals surface area contributed by atoms with Crippen molar-refractivity contribution in [3.8, 4) is 0 Å². The number of halogens is 2. The molecule has 2 atom stereocenters. The molecule has 0 bridgehead atoms. The third kappa shape index (κ3) is 6.56. The van der Waals surface area contributed by atoms with Gasteiger partial charge in [-0.1, -0.05) is 6.92 Å². The highest BCUT2D eigenvalue weighted by atomic mass is 35.5. The number of aromatic nitrogens is 1. The van der Waals surface area contributed by atoms with Crippen LogP contribution in [0.15, 0.2) is 0 Å². The van der Waals surface area contributed by atoms with Gasteiger partial charge in [0.2, 0.25) is 5.91 Å². The highest BCUT2D eigenvalue weighted by Gasteiger charge is 2.16. The molecule has 112 valence electrons. The molecule has 7 heteroatoms. The zero-order valence-corrected chi connectivity index (χ0v) is 14.2. The van der Waals surface area contributed by atoms with E-state index in [1.54, 1.807) is 11.3 Å². The zero-order chi connectivity index (χ0) is 13.0. The van der Waals surface area contributed by atoms with Crippen LogP contribution in [0.25, 0.3) is 0 Å². The summed E-state index contributed by atoms with van der Waals surface area (Å²) in [5.74, 6) is -0.125.